The molecule has 2 aromatic carbocycles. The number of aromatic nitrogens is 1. The molecule has 1 unspecified atom stereocenters. The Bertz CT molecular complexity index is 2400. The third kappa shape index (κ3) is 7.59. The number of nitrogens with one attached hydrogen (secondary N) is 1. The normalized spacial score (nSPS) is 23.9. The molecule has 308 valence electrons. The Labute approximate surface area is 351 Å². The summed E-state index contributed by atoms with van der Waals surface area (Å²) in [6.45, 7) is 3.46. The second-order valence-corrected chi connectivity index (χ2v) is 16.9. The standard InChI is InChI=1S/C45H43ClFN7O6/c46-36-21-32(7-2-27(36)24-48)60-31-8-5-30(6-9-31)53-25-38-33(43(53)57)10-4-28(49-38)3-1-26-13-17-51(18-14-26)29-15-19-52(20-16-29)40-23-35-34(22-37(40)47)44(58)54(45(35)59)39-11-12-41(55)50-42(39)56/h2,4,7,10,21-23,26,29-31,39H,5-6,8-9,11-20,25H2,(H,50,55,56)/t30-,31-,39?. The number of benzene rings is 2. The van der Waals surface area contributed by atoms with Crippen LogP contribution in [-0.2, 0) is 16.1 Å². The zero-order valence-electron chi connectivity index (χ0n) is 32.9. The predicted molar refractivity (Wildman–Crippen MR) is 216 cm³/mol. The molecule has 5 aliphatic heterocycles. The van der Waals surface area contributed by atoms with Crippen LogP contribution in [0.25, 0.3) is 0 Å². The molecule has 5 amide bonds. The number of likely N-dealkylation sites (tertiary alicyclic amines) is 1. The maximum absolute atomic E-state index is 15.5. The van der Waals surface area contributed by atoms with E-state index in [1.165, 1.54) is 6.07 Å². The van der Waals surface area contributed by atoms with Gasteiger partial charge in [0.05, 0.1) is 51.3 Å². The van der Waals surface area contributed by atoms with Gasteiger partial charge in [-0.3, -0.25) is 34.2 Å². The van der Waals surface area contributed by atoms with Crippen molar-refractivity contribution in [3.05, 3.63) is 86.9 Å². The Morgan fingerprint density at radius 1 is 0.800 bits per heavy atom. The van der Waals surface area contributed by atoms with Crippen LogP contribution in [0.5, 0.6) is 5.75 Å². The van der Waals surface area contributed by atoms with Crippen LogP contribution >= 0.6 is 11.6 Å². The quantitative estimate of drug-likeness (QED) is 0.258. The number of anilines is 1. The summed E-state index contributed by atoms with van der Waals surface area (Å²) < 4.78 is 21.6. The Kier molecular flexibility index (Phi) is 10.8. The van der Waals surface area contributed by atoms with Crippen LogP contribution in [0.1, 0.15) is 112 Å². The first kappa shape index (κ1) is 39.6. The fourth-order valence-electron chi connectivity index (χ4n) is 9.67. The molecule has 1 saturated carbocycles. The molecular formula is C45H43ClFN7O6. The summed E-state index contributed by atoms with van der Waals surface area (Å²) >= 11 is 6.18. The van der Waals surface area contributed by atoms with Crippen molar-refractivity contribution >= 4 is 46.8 Å². The number of piperidine rings is 3. The first-order valence-electron chi connectivity index (χ1n) is 20.8. The maximum Gasteiger partial charge on any atom is 0.262 e. The third-order valence-electron chi connectivity index (χ3n) is 13.0. The summed E-state index contributed by atoms with van der Waals surface area (Å²) in [7, 11) is 0. The maximum atomic E-state index is 15.5. The summed E-state index contributed by atoms with van der Waals surface area (Å²) in [6, 6.07) is 12.8. The zero-order chi connectivity index (χ0) is 41.7. The molecule has 60 heavy (non-hydrogen) atoms. The van der Waals surface area contributed by atoms with Gasteiger partial charge in [0, 0.05) is 43.6 Å². The highest BCUT2D eigenvalue weighted by molar-refractivity contribution is 6.31. The summed E-state index contributed by atoms with van der Waals surface area (Å²) in [4.78, 5) is 75.9. The molecule has 1 atom stereocenters. The lowest BCUT2D eigenvalue weighted by molar-refractivity contribution is -0.136. The van der Waals surface area contributed by atoms with Crippen LogP contribution in [-0.4, -0.2) is 99.6 Å². The molecule has 6 heterocycles. The molecule has 4 fully saturated rings. The van der Waals surface area contributed by atoms with E-state index in [9.17, 15) is 24.0 Å². The van der Waals surface area contributed by atoms with E-state index >= 15 is 4.39 Å². The lowest BCUT2D eigenvalue weighted by atomic mass is 9.92. The zero-order valence-corrected chi connectivity index (χ0v) is 33.7. The number of carbonyl (C=O) groups is 5. The number of halogens is 2. The number of amides is 5. The number of nitrogens with zero attached hydrogens (tertiary/aromatic N) is 6. The number of pyridine rings is 1. The average molecular weight is 832 g/mol. The Morgan fingerprint density at radius 3 is 2.23 bits per heavy atom. The van der Waals surface area contributed by atoms with Crippen molar-refractivity contribution < 1.29 is 33.1 Å². The summed E-state index contributed by atoms with van der Waals surface area (Å²) in [5.41, 5.74) is 2.78. The Balaban J connectivity index is 0.743. The van der Waals surface area contributed by atoms with Crippen LogP contribution in [0.15, 0.2) is 42.5 Å². The van der Waals surface area contributed by atoms with E-state index in [2.05, 4.69) is 28.1 Å². The number of hydrogen-bond donors (Lipinski definition) is 1. The lowest BCUT2D eigenvalue weighted by Gasteiger charge is -2.42. The van der Waals surface area contributed by atoms with E-state index in [4.69, 9.17) is 26.6 Å². The number of fused-ring (bicyclic) bond motifs is 2. The fraction of sp³-hybridized carbons (Fsp3) is 0.444. The van der Waals surface area contributed by atoms with Gasteiger partial charge in [-0.25, -0.2) is 9.37 Å². The van der Waals surface area contributed by atoms with Crippen molar-refractivity contribution in [2.75, 3.05) is 31.1 Å². The van der Waals surface area contributed by atoms with Gasteiger partial charge < -0.3 is 19.4 Å². The van der Waals surface area contributed by atoms with Crippen LogP contribution < -0.4 is 15.0 Å². The van der Waals surface area contributed by atoms with Crippen molar-refractivity contribution in [2.24, 2.45) is 5.92 Å². The number of rotatable bonds is 6. The molecule has 9 rings (SSSR count). The molecule has 13 nitrogen and oxygen atoms in total. The van der Waals surface area contributed by atoms with Crippen molar-refractivity contribution in [1.29, 1.82) is 5.26 Å². The van der Waals surface area contributed by atoms with E-state index in [0.29, 0.717) is 53.3 Å². The lowest BCUT2D eigenvalue weighted by Crippen LogP contribution is -2.54. The monoisotopic (exact) mass is 831 g/mol. The highest BCUT2D eigenvalue weighted by atomic mass is 35.5. The topological polar surface area (TPSA) is 156 Å². The Morgan fingerprint density at radius 2 is 1.53 bits per heavy atom. The van der Waals surface area contributed by atoms with E-state index in [1.54, 1.807) is 18.2 Å². The highest BCUT2D eigenvalue weighted by Gasteiger charge is 2.45. The third-order valence-corrected chi connectivity index (χ3v) is 13.3. The number of ether oxygens (including phenoxy) is 1. The molecule has 15 heteroatoms. The second-order valence-electron chi connectivity index (χ2n) is 16.5. The van der Waals surface area contributed by atoms with E-state index < -0.39 is 35.5 Å². The number of carbonyl (C=O) groups excluding carboxylic acids is 5. The molecule has 6 aliphatic rings. The van der Waals surface area contributed by atoms with Crippen LogP contribution in [0.4, 0.5) is 10.1 Å². The largest absolute Gasteiger partial charge is 0.490 e. The van der Waals surface area contributed by atoms with E-state index in [1.807, 2.05) is 21.9 Å². The van der Waals surface area contributed by atoms with Crippen molar-refractivity contribution in [2.45, 2.75) is 95.0 Å². The van der Waals surface area contributed by atoms with E-state index in [-0.39, 0.29) is 53.6 Å². The summed E-state index contributed by atoms with van der Waals surface area (Å²) in [5, 5.41) is 11.7. The smallest absolute Gasteiger partial charge is 0.262 e. The van der Waals surface area contributed by atoms with Crippen LogP contribution in [0, 0.1) is 34.9 Å². The first-order chi connectivity index (χ1) is 29.0. The highest BCUT2D eigenvalue weighted by Crippen LogP contribution is 2.36. The van der Waals surface area contributed by atoms with Crippen molar-refractivity contribution in [1.82, 2.24) is 25.0 Å². The second kappa shape index (κ2) is 16.3. The average Bonchev–Trinajstić information content (AvgIpc) is 3.70. The minimum Gasteiger partial charge on any atom is -0.490 e. The molecule has 3 saturated heterocycles. The fourth-order valence-corrected chi connectivity index (χ4v) is 9.89. The molecular weight excluding hydrogens is 789 g/mol. The SMILES string of the molecule is N#Cc1ccc(O[C@H]2CC[C@H](N3Cc4nc(C#CC5CCN(C6CCN(c7cc8c(cc7F)C(=O)N(C7CCC(=O)NC7=O)C8=O)CC6)CC5)ccc4C3=O)CC2)cc1Cl. The van der Waals surface area contributed by atoms with E-state index in [0.717, 1.165) is 81.1 Å². The number of nitriles is 1. The first-order valence-corrected chi connectivity index (χ1v) is 21.1. The van der Waals surface area contributed by atoms with Gasteiger partial charge in [-0.1, -0.05) is 17.5 Å². The summed E-state index contributed by atoms with van der Waals surface area (Å²) in [6.07, 6.45) is 6.83. The van der Waals surface area contributed by atoms with Gasteiger partial charge in [-0.15, -0.1) is 0 Å². The van der Waals surface area contributed by atoms with Gasteiger partial charge >= 0.3 is 0 Å². The molecule has 0 spiro atoms. The van der Waals surface area contributed by atoms with Gasteiger partial charge in [0.15, 0.2) is 0 Å². The molecule has 1 N–H and O–H groups in total. The van der Waals surface area contributed by atoms with Gasteiger partial charge in [-0.2, -0.15) is 5.26 Å². The molecule has 3 aromatic rings. The molecule has 1 aromatic heterocycles. The van der Waals surface area contributed by atoms with Gasteiger partial charge in [0.25, 0.3) is 17.7 Å². The van der Waals surface area contributed by atoms with Gasteiger partial charge in [-0.05, 0) is 113 Å². The van der Waals surface area contributed by atoms with Crippen molar-refractivity contribution in [3.63, 3.8) is 0 Å². The minimum absolute atomic E-state index is 0.0147. The Hall–Kier alpha value is -5.83. The molecule has 0 radical (unpaired) electrons. The number of hydrogen-bond acceptors (Lipinski definition) is 10. The van der Waals surface area contributed by atoms with Gasteiger partial charge in [0.2, 0.25) is 11.8 Å². The van der Waals surface area contributed by atoms with Crippen molar-refractivity contribution in [3.8, 4) is 23.7 Å². The summed E-state index contributed by atoms with van der Waals surface area (Å²) in [5.74, 6) is 4.51. The molecule has 0 bridgehead atoms. The number of imide groups is 2. The van der Waals surface area contributed by atoms with Crippen LogP contribution in [0.3, 0.4) is 0 Å². The predicted octanol–water partition coefficient (Wildman–Crippen LogP) is 5.23. The molecule has 1 aliphatic carbocycles. The minimum atomic E-state index is -1.10. The van der Waals surface area contributed by atoms with Crippen LogP contribution in [0.2, 0.25) is 5.02 Å². The van der Waals surface area contributed by atoms with Gasteiger partial charge in [0.1, 0.15) is 29.4 Å².